The Labute approximate surface area is 152 Å². The summed E-state index contributed by atoms with van der Waals surface area (Å²) in [6, 6.07) is 1.78. The van der Waals surface area contributed by atoms with E-state index >= 15 is 0 Å². The molecular weight excluding hydrogens is 334 g/mol. The van der Waals surface area contributed by atoms with Gasteiger partial charge in [-0.2, -0.15) is 0 Å². The van der Waals surface area contributed by atoms with E-state index in [1.165, 1.54) is 4.88 Å². The molecule has 1 saturated heterocycles. The van der Waals surface area contributed by atoms with Gasteiger partial charge in [0.05, 0.1) is 11.2 Å². The van der Waals surface area contributed by atoms with Crippen molar-refractivity contribution in [3.63, 3.8) is 0 Å². The fourth-order valence-electron chi connectivity index (χ4n) is 3.38. The molecule has 0 aliphatic carbocycles. The van der Waals surface area contributed by atoms with Crippen LogP contribution in [0.4, 0.5) is 0 Å². The Balaban J connectivity index is 1.56. The third-order valence-electron chi connectivity index (χ3n) is 4.59. The van der Waals surface area contributed by atoms with Crippen LogP contribution in [-0.4, -0.2) is 57.3 Å². The first-order chi connectivity index (χ1) is 11.9. The number of carbonyl (C=O) groups excluding carboxylic acids is 1. The number of hydrogen-bond donors (Lipinski definition) is 0. The van der Waals surface area contributed by atoms with Crippen LogP contribution in [0.5, 0.6) is 0 Å². The highest BCUT2D eigenvalue weighted by Gasteiger charge is 2.28. The van der Waals surface area contributed by atoms with Crippen LogP contribution in [0, 0.1) is 26.7 Å². The first-order valence-electron chi connectivity index (χ1n) is 8.61. The zero-order valence-electron chi connectivity index (χ0n) is 15.3. The second-order valence-corrected chi connectivity index (χ2v) is 7.84. The van der Waals surface area contributed by atoms with Gasteiger partial charge < -0.3 is 9.80 Å². The molecule has 3 rings (SSSR count). The van der Waals surface area contributed by atoms with E-state index in [9.17, 15) is 4.79 Å². The van der Waals surface area contributed by atoms with Crippen molar-refractivity contribution in [1.29, 1.82) is 0 Å². The number of aromatic nitrogens is 3. The molecule has 1 fully saturated rings. The minimum absolute atomic E-state index is 0.0251. The van der Waals surface area contributed by atoms with Crippen LogP contribution in [0.3, 0.4) is 0 Å². The number of rotatable bonds is 5. The van der Waals surface area contributed by atoms with Crippen LogP contribution in [0.15, 0.2) is 11.6 Å². The Morgan fingerprint density at radius 3 is 2.84 bits per heavy atom. The summed E-state index contributed by atoms with van der Waals surface area (Å²) in [7, 11) is 2.14. The van der Waals surface area contributed by atoms with Gasteiger partial charge in [0.1, 0.15) is 11.5 Å². The zero-order valence-corrected chi connectivity index (χ0v) is 16.1. The fraction of sp³-hybridized carbons (Fsp3) is 0.556. The predicted molar refractivity (Wildman–Crippen MR) is 98.7 cm³/mol. The average Bonchev–Trinajstić information content (AvgIpc) is 3.15. The molecule has 1 aliphatic heterocycles. The Hall–Kier alpha value is -1.86. The maximum absolute atomic E-state index is 12.7. The van der Waals surface area contributed by atoms with Crippen LogP contribution < -0.4 is 0 Å². The molecule has 0 saturated carbocycles. The number of thiazole rings is 1. The van der Waals surface area contributed by atoms with Crippen LogP contribution in [0.2, 0.25) is 0 Å². The second kappa shape index (κ2) is 7.58. The van der Waals surface area contributed by atoms with Gasteiger partial charge in [0, 0.05) is 36.8 Å². The molecular formula is C18H25N5OS. The minimum atomic E-state index is 0.0251. The van der Waals surface area contributed by atoms with E-state index < -0.39 is 0 Å². The van der Waals surface area contributed by atoms with Crippen molar-refractivity contribution in [2.24, 2.45) is 5.92 Å². The second-order valence-electron chi connectivity index (χ2n) is 6.91. The highest BCUT2D eigenvalue weighted by molar-refractivity contribution is 7.09. The Morgan fingerprint density at radius 2 is 2.16 bits per heavy atom. The molecule has 1 aliphatic rings. The smallest absolute Gasteiger partial charge is 0.272 e. The molecule has 6 nitrogen and oxygen atoms in total. The van der Waals surface area contributed by atoms with Crippen molar-refractivity contribution >= 4 is 17.2 Å². The maximum atomic E-state index is 12.7. The molecule has 0 aromatic carbocycles. The first-order valence-corrected chi connectivity index (χ1v) is 9.49. The Morgan fingerprint density at radius 1 is 1.36 bits per heavy atom. The molecule has 0 bridgehead atoms. The minimum Gasteiger partial charge on any atom is -0.337 e. The van der Waals surface area contributed by atoms with Crippen LogP contribution in [-0.2, 0) is 6.54 Å². The van der Waals surface area contributed by atoms with Gasteiger partial charge in [-0.15, -0.1) is 11.3 Å². The Bertz CT molecular complexity index is 739. The molecule has 3 heterocycles. The molecule has 2 aromatic rings. The standard InChI is InChI=1S/C18H25N5OS/c1-12-7-16(21-14(3)20-12)18(24)23-6-5-15(9-23)8-22(4)10-17-13(2)19-11-25-17/h7,11,15H,5-6,8-10H2,1-4H3/t15-/m0/s1. The number of aryl methyl sites for hydroxylation is 3. The monoisotopic (exact) mass is 359 g/mol. The van der Waals surface area contributed by atoms with Crippen molar-refractivity contribution < 1.29 is 4.79 Å². The number of carbonyl (C=O) groups is 1. The average molecular weight is 359 g/mol. The van der Waals surface area contributed by atoms with Crippen LogP contribution >= 0.6 is 11.3 Å². The molecule has 0 unspecified atom stereocenters. The van der Waals surface area contributed by atoms with E-state index in [0.29, 0.717) is 17.4 Å². The number of nitrogens with zero attached hydrogens (tertiary/aromatic N) is 5. The maximum Gasteiger partial charge on any atom is 0.272 e. The number of hydrogen-bond acceptors (Lipinski definition) is 6. The fourth-order valence-corrected chi connectivity index (χ4v) is 4.24. The molecule has 0 radical (unpaired) electrons. The number of amides is 1. The first kappa shape index (κ1) is 17.9. The van der Waals surface area contributed by atoms with Crippen molar-refractivity contribution in [2.75, 3.05) is 26.7 Å². The topological polar surface area (TPSA) is 62.2 Å². The summed E-state index contributed by atoms with van der Waals surface area (Å²) in [5, 5.41) is 0. The summed E-state index contributed by atoms with van der Waals surface area (Å²) in [5.41, 5.74) is 4.38. The van der Waals surface area contributed by atoms with Crippen molar-refractivity contribution in [3.8, 4) is 0 Å². The van der Waals surface area contributed by atoms with E-state index in [-0.39, 0.29) is 5.91 Å². The van der Waals surface area contributed by atoms with Gasteiger partial charge in [0.25, 0.3) is 5.91 Å². The molecule has 1 atom stereocenters. The third kappa shape index (κ3) is 4.41. The van der Waals surface area contributed by atoms with Gasteiger partial charge in [0.2, 0.25) is 0 Å². The zero-order chi connectivity index (χ0) is 18.0. The van der Waals surface area contributed by atoms with E-state index in [2.05, 4.69) is 33.8 Å². The van der Waals surface area contributed by atoms with Gasteiger partial charge >= 0.3 is 0 Å². The lowest BCUT2D eigenvalue weighted by molar-refractivity contribution is 0.0777. The van der Waals surface area contributed by atoms with E-state index in [1.807, 2.05) is 24.3 Å². The normalized spacial score (nSPS) is 17.5. The van der Waals surface area contributed by atoms with E-state index in [4.69, 9.17) is 0 Å². The third-order valence-corrected chi connectivity index (χ3v) is 5.51. The van der Waals surface area contributed by atoms with Crippen molar-refractivity contribution in [2.45, 2.75) is 33.7 Å². The number of likely N-dealkylation sites (tertiary alicyclic amines) is 1. The summed E-state index contributed by atoms with van der Waals surface area (Å²) in [4.78, 5) is 31.1. The molecule has 25 heavy (non-hydrogen) atoms. The summed E-state index contributed by atoms with van der Waals surface area (Å²) in [6.07, 6.45) is 1.04. The van der Waals surface area contributed by atoms with E-state index in [0.717, 1.165) is 44.0 Å². The SMILES string of the molecule is Cc1cc(C(=O)N2CC[C@@H](CN(C)Cc3scnc3C)C2)nc(C)n1. The highest BCUT2D eigenvalue weighted by atomic mass is 32.1. The molecule has 7 heteroatoms. The van der Waals surface area contributed by atoms with Gasteiger partial charge in [-0.1, -0.05) is 0 Å². The summed E-state index contributed by atoms with van der Waals surface area (Å²) >= 11 is 1.71. The molecule has 2 aromatic heterocycles. The van der Waals surface area contributed by atoms with Crippen molar-refractivity contribution in [1.82, 2.24) is 24.8 Å². The van der Waals surface area contributed by atoms with Gasteiger partial charge in [-0.3, -0.25) is 4.79 Å². The molecule has 134 valence electrons. The van der Waals surface area contributed by atoms with Gasteiger partial charge in [-0.05, 0) is 46.2 Å². The predicted octanol–water partition coefficient (Wildman–Crippen LogP) is 2.45. The summed E-state index contributed by atoms with van der Waals surface area (Å²) in [6.45, 7) is 9.29. The van der Waals surface area contributed by atoms with Crippen molar-refractivity contribution in [3.05, 3.63) is 39.4 Å². The molecule has 0 N–H and O–H groups in total. The lowest BCUT2D eigenvalue weighted by atomic mass is 10.1. The lowest BCUT2D eigenvalue weighted by Gasteiger charge is -2.21. The summed E-state index contributed by atoms with van der Waals surface area (Å²) < 4.78 is 0. The van der Waals surface area contributed by atoms with Gasteiger partial charge in [0.15, 0.2) is 0 Å². The van der Waals surface area contributed by atoms with Crippen LogP contribution in [0.25, 0.3) is 0 Å². The quantitative estimate of drug-likeness (QED) is 0.821. The summed E-state index contributed by atoms with van der Waals surface area (Å²) in [5.74, 6) is 1.18. The van der Waals surface area contributed by atoms with Gasteiger partial charge in [-0.25, -0.2) is 15.0 Å². The molecule has 0 spiro atoms. The Kier molecular flexibility index (Phi) is 5.44. The van der Waals surface area contributed by atoms with E-state index in [1.54, 1.807) is 17.4 Å². The lowest BCUT2D eigenvalue weighted by Crippen LogP contribution is -2.32. The molecule has 1 amide bonds. The largest absolute Gasteiger partial charge is 0.337 e. The van der Waals surface area contributed by atoms with Crippen LogP contribution in [0.1, 0.15) is 39.0 Å². The highest BCUT2D eigenvalue weighted by Crippen LogP contribution is 2.21.